The number of hydrogen-bond acceptors (Lipinski definition) is 2. The van der Waals surface area contributed by atoms with Crippen LogP contribution in [0.15, 0.2) is 18.2 Å². The van der Waals surface area contributed by atoms with E-state index in [0.29, 0.717) is 6.04 Å². The maximum absolute atomic E-state index is 6.18. The van der Waals surface area contributed by atoms with E-state index in [2.05, 4.69) is 50.8 Å². The van der Waals surface area contributed by atoms with Crippen molar-refractivity contribution in [1.82, 2.24) is 0 Å². The zero-order valence-electron chi connectivity index (χ0n) is 11.7. The van der Waals surface area contributed by atoms with Gasteiger partial charge in [0.15, 0.2) is 0 Å². The minimum absolute atomic E-state index is 0.496. The lowest BCUT2D eigenvalue weighted by molar-refractivity contribution is 0.626. The van der Waals surface area contributed by atoms with E-state index in [0.717, 1.165) is 12.2 Å². The summed E-state index contributed by atoms with van der Waals surface area (Å²) in [5, 5.41) is 0. The van der Waals surface area contributed by atoms with Crippen LogP contribution in [0.1, 0.15) is 45.6 Å². The number of para-hydroxylation sites is 1. The summed E-state index contributed by atoms with van der Waals surface area (Å²) < 4.78 is 0. The Morgan fingerprint density at radius 2 is 1.94 bits per heavy atom. The number of hydrogen-bond donors (Lipinski definition) is 1. The van der Waals surface area contributed by atoms with Crippen LogP contribution >= 0.6 is 0 Å². The number of nitrogen functional groups attached to an aromatic ring is 1. The second kappa shape index (κ2) is 6.53. The molecular formula is C15H26N2. The molecule has 0 radical (unpaired) electrons. The van der Waals surface area contributed by atoms with Crippen LogP contribution in [0.25, 0.3) is 0 Å². The van der Waals surface area contributed by atoms with Gasteiger partial charge in [-0.15, -0.1) is 0 Å². The van der Waals surface area contributed by atoms with Crippen molar-refractivity contribution in [3.05, 3.63) is 23.8 Å². The summed E-state index contributed by atoms with van der Waals surface area (Å²) in [5.74, 6) is 0. The van der Waals surface area contributed by atoms with Gasteiger partial charge in [0, 0.05) is 12.6 Å². The van der Waals surface area contributed by atoms with E-state index in [1.165, 1.54) is 30.5 Å². The number of aryl methyl sites for hydroxylation is 1. The van der Waals surface area contributed by atoms with Crippen LogP contribution in [-0.4, -0.2) is 12.6 Å². The molecule has 1 aromatic carbocycles. The van der Waals surface area contributed by atoms with Gasteiger partial charge in [-0.25, -0.2) is 0 Å². The second-order valence-electron chi connectivity index (χ2n) is 5.00. The average Bonchev–Trinajstić information content (AvgIpc) is 2.29. The van der Waals surface area contributed by atoms with Crippen LogP contribution in [0.3, 0.4) is 0 Å². The fraction of sp³-hybridized carbons (Fsp3) is 0.600. The van der Waals surface area contributed by atoms with E-state index in [1.807, 2.05) is 0 Å². The van der Waals surface area contributed by atoms with Gasteiger partial charge in [-0.3, -0.25) is 0 Å². The highest BCUT2D eigenvalue weighted by Gasteiger charge is 2.13. The third-order valence-corrected chi connectivity index (χ3v) is 3.24. The first kappa shape index (κ1) is 13.9. The molecule has 0 unspecified atom stereocenters. The fourth-order valence-corrected chi connectivity index (χ4v) is 2.10. The molecule has 0 fully saturated rings. The van der Waals surface area contributed by atoms with Gasteiger partial charge in [0.25, 0.3) is 0 Å². The lowest BCUT2D eigenvalue weighted by Gasteiger charge is -2.30. The van der Waals surface area contributed by atoms with Gasteiger partial charge in [0.05, 0.1) is 11.4 Å². The molecule has 0 aliphatic rings. The summed E-state index contributed by atoms with van der Waals surface area (Å²) in [5.41, 5.74) is 9.47. The molecule has 17 heavy (non-hydrogen) atoms. The summed E-state index contributed by atoms with van der Waals surface area (Å²) in [7, 11) is 0. The molecule has 0 atom stereocenters. The third kappa shape index (κ3) is 3.65. The standard InChI is InChI=1S/C15H26N2/c1-5-6-7-11-17(12(2)3)14-10-8-9-13(4)15(14)16/h8-10,12H,5-7,11,16H2,1-4H3. The normalized spacial score (nSPS) is 10.9. The molecule has 0 aromatic heterocycles. The van der Waals surface area contributed by atoms with Crippen molar-refractivity contribution >= 4 is 11.4 Å². The smallest absolute Gasteiger partial charge is 0.0604 e. The maximum Gasteiger partial charge on any atom is 0.0604 e. The highest BCUT2D eigenvalue weighted by Crippen LogP contribution is 2.28. The number of anilines is 2. The number of nitrogens with zero attached hydrogens (tertiary/aromatic N) is 1. The Bertz CT molecular complexity index is 345. The summed E-state index contributed by atoms with van der Waals surface area (Å²) in [4.78, 5) is 2.41. The number of rotatable bonds is 6. The molecule has 0 heterocycles. The summed E-state index contributed by atoms with van der Waals surface area (Å²) in [6.45, 7) is 9.87. The monoisotopic (exact) mass is 234 g/mol. The maximum atomic E-state index is 6.18. The van der Waals surface area contributed by atoms with Crippen LogP contribution in [0.4, 0.5) is 11.4 Å². The summed E-state index contributed by atoms with van der Waals surface area (Å²) in [6.07, 6.45) is 3.78. The van der Waals surface area contributed by atoms with E-state index in [-0.39, 0.29) is 0 Å². The van der Waals surface area contributed by atoms with Gasteiger partial charge < -0.3 is 10.6 Å². The van der Waals surface area contributed by atoms with Crippen molar-refractivity contribution in [1.29, 1.82) is 0 Å². The molecule has 2 N–H and O–H groups in total. The molecule has 0 saturated heterocycles. The zero-order chi connectivity index (χ0) is 12.8. The van der Waals surface area contributed by atoms with Gasteiger partial charge in [0.1, 0.15) is 0 Å². The minimum atomic E-state index is 0.496. The van der Waals surface area contributed by atoms with Gasteiger partial charge in [-0.2, -0.15) is 0 Å². The van der Waals surface area contributed by atoms with Crippen molar-refractivity contribution in [3.8, 4) is 0 Å². The molecule has 2 nitrogen and oxygen atoms in total. The largest absolute Gasteiger partial charge is 0.397 e. The Morgan fingerprint density at radius 1 is 1.24 bits per heavy atom. The second-order valence-corrected chi connectivity index (χ2v) is 5.00. The SMILES string of the molecule is CCCCCN(c1cccc(C)c1N)C(C)C. The van der Waals surface area contributed by atoms with Crippen molar-refractivity contribution in [3.63, 3.8) is 0 Å². The Balaban J connectivity index is 2.86. The zero-order valence-corrected chi connectivity index (χ0v) is 11.7. The molecule has 2 heteroatoms. The number of unbranched alkanes of at least 4 members (excludes halogenated alkanes) is 2. The lowest BCUT2D eigenvalue weighted by Crippen LogP contribution is -2.32. The van der Waals surface area contributed by atoms with Gasteiger partial charge >= 0.3 is 0 Å². The first-order chi connectivity index (χ1) is 8.07. The van der Waals surface area contributed by atoms with Crippen LogP contribution in [0.2, 0.25) is 0 Å². The van der Waals surface area contributed by atoms with E-state index >= 15 is 0 Å². The van der Waals surface area contributed by atoms with E-state index < -0.39 is 0 Å². The van der Waals surface area contributed by atoms with Gasteiger partial charge in [-0.05, 0) is 38.8 Å². The van der Waals surface area contributed by atoms with Crippen LogP contribution < -0.4 is 10.6 Å². The Hall–Kier alpha value is -1.18. The topological polar surface area (TPSA) is 29.3 Å². The molecule has 0 amide bonds. The highest BCUT2D eigenvalue weighted by atomic mass is 15.2. The minimum Gasteiger partial charge on any atom is -0.397 e. The van der Waals surface area contributed by atoms with Crippen molar-refractivity contribution < 1.29 is 0 Å². The summed E-state index contributed by atoms with van der Waals surface area (Å²) >= 11 is 0. The fourth-order valence-electron chi connectivity index (χ4n) is 2.10. The molecule has 1 rings (SSSR count). The molecule has 0 saturated carbocycles. The van der Waals surface area contributed by atoms with E-state index in [1.54, 1.807) is 0 Å². The molecule has 0 spiro atoms. The van der Waals surface area contributed by atoms with Crippen molar-refractivity contribution in [2.75, 3.05) is 17.2 Å². The predicted octanol–water partition coefficient (Wildman–Crippen LogP) is 3.98. The third-order valence-electron chi connectivity index (χ3n) is 3.24. The molecular weight excluding hydrogens is 208 g/mol. The first-order valence-corrected chi connectivity index (χ1v) is 6.69. The quantitative estimate of drug-likeness (QED) is 0.596. The molecule has 0 aliphatic heterocycles. The van der Waals surface area contributed by atoms with E-state index in [4.69, 9.17) is 5.73 Å². The summed E-state index contributed by atoms with van der Waals surface area (Å²) in [6, 6.07) is 6.80. The average molecular weight is 234 g/mol. The Morgan fingerprint density at radius 3 is 2.53 bits per heavy atom. The highest BCUT2D eigenvalue weighted by molar-refractivity contribution is 5.71. The van der Waals surface area contributed by atoms with Crippen molar-refractivity contribution in [2.45, 2.75) is 53.0 Å². The van der Waals surface area contributed by atoms with E-state index in [9.17, 15) is 0 Å². The van der Waals surface area contributed by atoms with Crippen LogP contribution in [-0.2, 0) is 0 Å². The van der Waals surface area contributed by atoms with Gasteiger partial charge in [-0.1, -0.05) is 31.9 Å². The van der Waals surface area contributed by atoms with Gasteiger partial charge in [0.2, 0.25) is 0 Å². The van der Waals surface area contributed by atoms with Crippen molar-refractivity contribution in [2.24, 2.45) is 0 Å². The first-order valence-electron chi connectivity index (χ1n) is 6.69. The lowest BCUT2D eigenvalue weighted by atomic mass is 10.1. The number of nitrogens with two attached hydrogens (primary N) is 1. The predicted molar refractivity (Wildman–Crippen MR) is 77.6 cm³/mol. The Labute approximate surface area is 106 Å². The molecule has 0 aliphatic carbocycles. The van der Waals surface area contributed by atoms with Crippen LogP contribution in [0, 0.1) is 6.92 Å². The molecule has 1 aromatic rings. The molecule has 96 valence electrons. The van der Waals surface area contributed by atoms with Crippen LogP contribution in [0.5, 0.6) is 0 Å². The number of benzene rings is 1. The Kier molecular flexibility index (Phi) is 5.33. The molecule has 0 bridgehead atoms.